The molecule has 0 saturated carbocycles. The molecular weight excluding hydrogens is 168 g/mol. The molecule has 2 rings (SSSR count). The molecule has 0 aromatic heterocycles. The van der Waals surface area contributed by atoms with Gasteiger partial charge in [0.15, 0.2) is 0 Å². The van der Waals surface area contributed by atoms with Crippen molar-refractivity contribution in [2.24, 2.45) is 0 Å². The Morgan fingerprint density at radius 2 is 2.15 bits per heavy atom. The van der Waals surface area contributed by atoms with Gasteiger partial charge in [0.05, 0.1) is 13.2 Å². The normalized spacial score (nSPS) is 25.8. The van der Waals surface area contributed by atoms with E-state index in [1.54, 1.807) is 19.2 Å². The van der Waals surface area contributed by atoms with E-state index in [-0.39, 0.29) is 0 Å². The van der Waals surface area contributed by atoms with E-state index in [1.807, 2.05) is 6.07 Å². The Kier molecular flexibility index (Phi) is 1.98. The first-order valence-corrected chi connectivity index (χ1v) is 4.25. The van der Waals surface area contributed by atoms with Crippen LogP contribution in [0.25, 0.3) is 0 Å². The zero-order valence-electron chi connectivity index (χ0n) is 7.40. The van der Waals surface area contributed by atoms with Crippen LogP contribution in [-0.4, -0.2) is 23.4 Å². The highest BCUT2D eigenvalue weighted by atomic mass is 16.5. The van der Waals surface area contributed by atoms with E-state index in [2.05, 4.69) is 0 Å². The Bertz CT molecular complexity index is 322. The summed E-state index contributed by atoms with van der Waals surface area (Å²) < 4.78 is 5.05. The van der Waals surface area contributed by atoms with E-state index >= 15 is 0 Å². The van der Waals surface area contributed by atoms with Gasteiger partial charge in [0.2, 0.25) is 0 Å². The van der Waals surface area contributed by atoms with Crippen LogP contribution in [0.5, 0.6) is 5.75 Å². The molecule has 2 unspecified atom stereocenters. The summed E-state index contributed by atoms with van der Waals surface area (Å²) in [5.74, 6) is 0.764. The summed E-state index contributed by atoms with van der Waals surface area (Å²) in [4.78, 5) is 0. The lowest BCUT2D eigenvalue weighted by Crippen LogP contribution is -2.11. The molecule has 1 aliphatic carbocycles. The first-order chi connectivity index (χ1) is 6.22. The van der Waals surface area contributed by atoms with Crippen LogP contribution >= 0.6 is 0 Å². The van der Waals surface area contributed by atoms with Crippen molar-refractivity contribution >= 4 is 0 Å². The van der Waals surface area contributed by atoms with Gasteiger partial charge in [0.25, 0.3) is 0 Å². The van der Waals surface area contributed by atoms with Crippen LogP contribution < -0.4 is 4.74 Å². The van der Waals surface area contributed by atoms with Crippen molar-refractivity contribution in [3.63, 3.8) is 0 Å². The van der Waals surface area contributed by atoms with E-state index in [1.165, 1.54) is 0 Å². The maximum absolute atomic E-state index is 9.52. The predicted octanol–water partition coefficient (Wildman–Crippen LogP) is 0.646. The van der Waals surface area contributed by atoms with Gasteiger partial charge in [-0.2, -0.15) is 0 Å². The Hall–Kier alpha value is -1.06. The van der Waals surface area contributed by atoms with Crippen molar-refractivity contribution in [1.29, 1.82) is 0 Å². The molecule has 0 aliphatic heterocycles. The van der Waals surface area contributed by atoms with Gasteiger partial charge in [-0.25, -0.2) is 0 Å². The van der Waals surface area contributed by atoms with E-state index in [9.17, 15) is 10.2 Å². The van der Waals surface area contributed by atoms with Crippen LogP contribution in [0.3, 0.4) is 0 Å². The first-order valence-electron chi connectivity index (χ1n) is 4.25. The van der Waals surface area contributed by atoms with Gasteiger partial charge < -0.3 is 14.9 Å². The van der Waals surface area contributed by atoms with Crippen LogP contribution in [-0.2, 0) is 6.42 Å². The summed E-state index contributed by atoms with van der Waals surface area (Å²) in [6.07, 6.45) is -0.892. The van der Waals surface area contributed by atoms with Gasteiger partial charge in [-0.15, -0.1) is 0 Å². The molecular formula is C10H12O3. The topological polar surface area (TPSA) is 49.7 Å². The monoisotopic (exact) mass is 180 g/mol. The molecule has 1 aliphatic rings. The van der Waals surface area contributed by atoms with Crippen LogP contribution in [0.15, 0.2) is 18.2 Å². The quantitative estimate of drug-likeness (QED) is 0.667. The molecule has 0 spiro atoms. The zero-order chi connectivity index (χ0) is 9.42. The molecule has 0 saturated heterocycles. The fourth-order valence-electron chi connectivity index (χ4n) is 1.72. The zero-order valence-corrected chi connectivity index (χ0v) is 7.40. The molecule has 70 valence electrons. The summed E-state index contributed by atoms with van der Waals surface area (Å²) in [6, 6.07) is 5.45. The van der Waals surface area contributed by atoms with Crippen molar-refractivity contribution in [3.8, 4) is 5.75 Å². The summed E-state index contributed by atoms with van der Waals surface area (Å²) in [6.45, 7) is 0. The van der Waals surface area contributed by atoms with Crippen LogP contribution in [0.4, 0.5) is 0 Å². The second-order valence-corrected chi connectivity index (χ2v) is 3.28. The highest BCUT2D eigenvalue weighted by Gasteiger charge is 2.29. The molecule has 3 heteroatoms. The second kappa shape index (κ2) is 3.01. The minimum Gasteiger partial charge on any atom is -0.497 e. The SMILES string of the molecule is COc1ccc2c(c1)CC(O)C2O. The fraction of sp³-hybridized carbons (Fsp3) is 0.400. The highest BCUT2D eigenvalue weighted by Crippen LogP contribution is 2.33. The maximum Gasteiger partial charge on any atom is 0.119 e. The molecule has 0 radical (unpaired) electrons. The maximum atomic E-state index is 9.52. The molecule has 0 bridgehead atoms. The van der Waals surface area contributed by atoms with Gasteiger partial charge in [-0.1, -0.05) is 6.07 Å². The minimum absolute atomic E-state index is 0.508. The third-order valence-electron chi connectivity index (χ3n) is 2.46. The molecule has 2 N–H and O–H groups in total. The second-order valence-electron chi connectivity index (χ2n) is 3.28. The number of aliphatic hydroxyl groups is 2. The Balaban J connectivity index is 2.40. The van der Waals surface area contributed by atoms with E-state index in [4.69, 9.17) is 4.74 Å². The van der Waals surface area contributed by atoms with E-state index in [0.29, 0.717) is 6.42 Å². The van der Waals surface area contributed by atoms with Crippen LogP contribution in [0, 0.1) is 0 Å². The number of aliphatic hydroxyl groups excluding tert-OH is 2. The van der Waals surface area contributed by atoms with Crippen molar-refractivity contribution in [2.75, 3.05) is 7.11 Å². The standard InChI is InChI=1S/C10H12O3/c1-13-7-2-3-8-6(4-7)5-9(11)10(8)12/h2-4,9-12H,5H2,1H3. The highest BCUT2D eigenvalue weighted by molar-refractivity contribution is 5.41. The molecule has 3 nitrogen and oxygen atoms in total. The van der Waals surface area contributed by atoms with Gasteiger partial charge in [0.1, 0.15) is 11.9 Å². The predicted molar refractivity (Wildman–Crippen MR) is 47.7 cm³/mol. The van der Waals surface area contributed by atoms with Crippen LogP contribution in [0.1, 0.15) is 17.2 Å². The average Bonchev–Trinajstić information content (AvgIpc) is 2.42. The van der Waals surface area contributed by atoms with Crippen molar-refractivity contribution in [2.45, 2.75) is 18.6 Å². The molecule has 1 aromatic carbocycles. The number of rotatable bonds is 1. The lowest BCUT2D eigenvalue weighted by Gasteiger charge is -2.07. The fourth-order valence-corrected chi connectivity index (χ4v) is 1.72. The summed E-state index contributed by atoms with van der Waals surface area (Å²) in [7, 11) is 1.60. The van der Waals surface area contributed by atoms with Crippen molar-refractivity contribution < 1.29 is 14.9 Å². The third-order valence-corrected chi connectivity index (χ3v) is 2.46. The molecule has 0 fully saturated rings. The molecule has 13 heavy (non-hydrogen) atoms. The number of ether oxygens (including phenoxy) is 1. The Morgan fingerprint density at radius 3 is 2.85 bits per heavy atom. The van der Waals surface area contributed by atoms with Gasteiger partial charge in [-0.3, -0.25) is 0 Å². The first kappa shape index (κ1) is 8.53. The van der Waals surface area contributed by atoms with Crippen molar-refractivity contribution in [3.05, 3.63) is 29.3 Å². The summed E-state index contributed by atoms with van der Waals surface area (Å²) >= 11 is 0. The Morgan fingerprint density at radius 1 is 1.38 bits per heavy atom. The van der Waals surface area contributed by atoms with Gasteiger partial charge in [-0.05, 0) is 23.3 Å². The van der Waals surface area contributed by atoms with E-state index in [0.717, 1.165) is 16.9 Å². The van der Waals surface area contributed by atoms with Gasteiger partial charge in [0, 0.05) is 6.42 Å². The largest absolute Gasteiger partial charge is 0.497 e. The smallest absolute Gasteiger partial charge is 0.119 e. The lowest BCUT2D eigenvalue weighted by molar-refractivity contribution is 0.0326. The number of benzene rings is 1. The van der Waals surface area contributed by atoms with Gasteiger partial charge >= 0.3 is 0 Å². The molecule has 2 atom stereocenters. The number of fused-ring (bicyclic) bond motifs is 1. The van der Waals surface area contributed by atoms with E-state index < -0.39 is 12.2 Å². The molecule has 0 amide bonds. The molecule has 0 heterocycles. The number of hydrogen-bond acceptors (Lipinski definition) is 3. The number of hydrogen-bond donors (Lipinski definition) is 2. The Labute approximate surface area is 76.6 Å². The van der Waals surface area contributed by atoms with Crippen LogP contribution in [0.2, 0.25) is 0 Å². The number of methoxy groups -OCH3 is 1. The minimum atomic E-state index is -0.735. The average molecular weight is 180 g/mol. The lowest BCUT2D eigenvalue weighted by atomic mass is 10.1. The van der Waals surface area contributed by atoms with Crippen molar-refractivity contribution in [1.82, 2.24) is 0 Å². The molecule has 1 aromatic rings. The summed E-state index contributed by atoms with van der Waals surface area (Å²) in [5.41, 5.74) is 1.78. The third kappa shape index (κ3) is 1.30. The summed E-state index contributed by atoms with van der Waals surface area (Å²) in [5, 5.41) is 18.9.